The first kappa shape index (κ1) is 22.2. The Morgan fingerprint density at radius 1 is 1.00 bits per heavy atom. The number of carbonyl (C=O) groups excluding carboxylic acids is 1. The van der Waals surface area contributed by atoms with Crippen molar-refractivity contribution in [2.45, 2.75) is 16.8 Å². The van der Waals surface area contributed by atoms with E-state index in [1.807, 2.05) is 49.4 Å². The Bertz CT molecular complexity index is 1460. The minimum atomic E-state index is -0.502. The fourth-order valence-electron chi connectivity index (χ4n) is 3.51. The molecule has 34 heavy (non-hydrogen) atoms. The lowest BCUT2D eigenvalue weighted by Gasteiger charge is -2.09. The van der Waals surface area contributed by atoms with Crippen LogP contribution >= 0.6 is 23.4 Å². The van der Waals surface area contributed by atoms with Crippen LogP contribution in [0, 0.1) is 6.92 Å². The summed E-state index contributed by atoms with van der Waals surface area (Å²) in [6.07, 6.45) is 1.73. The van der Waals surface area contributed by atoms with Gasteiger partial charge in [0.25, 0.3) is 0 Å². The van der Waals surface area contributed by atoms with Crippen LogP contribution in [-0.2, 0) is 9.53 Å². The highest BCUT2D eigenvalue weighted by atomic mass is 35.5. The molecule has 1 aromatic heterocycles. The molecular formula is C27H19ClN2O3S. The predicted molar refractivity (Wildman–Crippen MR) is 136 cm³/mol. The predicted octanol–water partition coefficient (Wildman–Crippen LogP) is 6.70. The van der Waals surface area contributed by atoms with E-state index in [9.17, 15) is 4.79 Å². The molecule has 0 saturated heterocycles. The molecule has 5 nitrogen and oxygen atoms in total. The zero-order chi connectivity index (χ0) is 23.7. The van der Waals surface area contributed by atoms with Crippen LogP contribution in [0.1, 0.15) is 16.7 Å². The highest BCUT2D eigenvalue weighted by molar-refractivity contribution is 7.99. The van der Waals surface area contributed by atoms with E-state index < -0.39 is 5.97 Å². The molecule has 7 heteroatoms. The van der Waals surface area contributed by atoms with Crippen molar-refractivity contribution in [1.82, 2.24) is 4.98 Å². The lowest BCUT2D eigenvalue weighted by Crippen LogP contribution is -2.05. The summed E-state index contributed by atoms with van der Waals surface area (Å²) < 4.78 is 10.6. The van der Waals surface area contributed by atoms with E-state index in [1.54, 1.807) is 37.5 Å². The molecule has 1 aliphatic heterocycles. The van der Waals surface area contributed by atoms with Gasteiger partial charge in [0.1, 0.15) is 10.8 Å². The number of fused-ring (bicyclic) bond motifs is 1. The molecule has 3 aromatic carbocycles. The van der Waals surface area contributed by atoms with Crippen molar-refractivity contribution in [1.29, 1.82) is 0 Å². The fraction of sp³-hybridized carbons (Fsp3) is 0.0741. The van der Waals surface area contributed by atoms with E-state index >= 15 is 0 Å². The molecule has 0 radical (unpaired) electrons. The summed E-state index contributed by atoms with van der Waals surface area (Å²) in [6, 6.07) is 22.9. The quantitative estimate of drug-likeness (QED) is 0.232. The first-order chi connectivity index (χ1) is 16.5. The number of esters is 1. The third-order valence-corrected chi connectivity index (χ3v) is 6.52. The van der Waals surface area contributed by atoms with Crippen LogP contribution in [-0.4, -0.2) is 24.0 Å². The summed E-state index contributed by atoms with van der Waals surface area (Å²) in [4.78, 5) is 23.0. The maximum atomic E-state index is 12.6. The van der Waals surface area contributed by atoms with Gasteiger partial charge in [0.05, 0.1) is 12.6 Å². The molecule has 1 aliphatic rings. The summed E-state index contributed by atoms with van der Waals surface area (Å²) in [5, 5.41) is 2.41. The molecule has 5 rings (SSSR count). The van der Waals surface area contributed by atoms with E-state index in [-0.39, 0.29) is 11.6 Å². The standard InChI is InChI=1S/C27H19ClN2O3S/c1-16-3-12-23-18(13-16)14-19(26(30-23)34-22-10-6-20(28)7-11-22)15-24-27(31)33-25(29-24)17-4-8-21(32-2)9-5-17/h3-15H,1-2H3/b24-15+. The minimum absolute atomic E-state index is 0.220. The van der Waals surface area contributed by atoms with Crippen molar-refractivity contribution in [2.24, 2.45) is 4.99 Å². The molecule has 0 saturated carbocycles. The van der Waals surface area contributed by atoms with E-state index in [2.05, 4.69) is 11.1 Å². The van der Waals surface area contributed by atoms with Crippen molar-refractivity contribution >= 4 is 52.2 Å². The van der Waals surface area contributed by atoms with Gasteiger partial charge in [-0.25, -0.2) is 14.8 Å². The van der Waals surface area contributed by atoms with Crippen LogP contribution in [0.25, 0.3) is 17.0 Å². The molecule has 0 aliphatic carbocycles. The number of nitrogens with zero attached hydrogens (tertiary/aromatic N) is 2. The van der Waals surface area contributed by atoms with Crippen LogP contribution < -0.4 is 4.74 Å². The Labute approximate surface area is 206 Å². The lowest BCUT2D eigenvalue weighted by molar-refractivity contribution is -0.129. The molecule has 0 N–H and O–H groups in total. The van der Waals surface area contributed by atoms with Crippen molar-refractivity contribution in [2.75, 3.05) is 7.11 Å². The van der Waals surface area contributed by atoms with Gasteiger partial charge in [0.2, 0.25) is 5.90 Å². The van der Waals surface area contributed by atoms with Gasteiger partial charge >= 0.3 is 5.97 Å². The van der Waals surface area contributed by atoms with Crippen LogP contribution in [0.15, 0.2) is 93.4 Å². The number of cyclic esters (lactones) is 1. The maximum absolute atomic E-state index is 12.6. The van der Waals surface area contributed by atoms with E-state index in [0.717, 1.165) is 32.0 Å². The number of aryl methyl sites for hydroxylation is 1. The van der Waals surface area contributed by atoms with Gasteiger partial charge in [-0.05, 0) is 79.7 Å². The number of hydrogen-bond acceptors (Lipinski definition) is 6. The molecule has 0 fully saturated rings. The van der Waals surface area contributed by atoms with Gasteiger partial charge in [0.15, 0.2) is 5.70 Å². The number of aliphatic imine (C=N–C) groups is 1. The summed E-state index contributed by atoms with van der Waals surface area (Å²) in [7, 11) is 1.60. The van der Waals surface area contributed by atoms with Crippen LogP contribution in [0.5, 0.6) is 5.75 Å². The maximum Gasteiger partial charge on any atom is 0.363 e. The molecular weight excluding hydrogens is 468 g/mol. The summed E-state index contributed by atoms with van der Waals surface area (Å²) in [5.74, 6) is 0.471. The van der Waals surface area contributed by atoms with E-state index in [1.165, 1.54) is 11.8 Å². The first-order valence-electron chi connectivity index (χ1n) is 10.5. The number of pyridine rings is 1. The average molecular weight is 487 g/mol. The van der Waals surface area contributed by atoms with Gasteiger partial charge in [-0.1, -0.05) is 35.0 Å². The monoisotopic (exact) mass is 486 g/mol. The highest BCUT2D eigenvalue weighted by Gasteiger charge is 2.25. The molecule has 168 valence electrons. The zero-order valence-electron chi connectivity index (χ0n) is 18.4. The Morgan fingerprint density at radius 3 is 2.50 bits per heavy atom. The Kier molecular flexibility index (Phi) is 6.09. The molecule has 0 amide bonds. The second-order valence-corrected chi connectivity index (χ2v) is 9.20. The highest BCUT2D eigenvalue weighted by Crippen LogP contribution is 2.34. The van der Waals surface area contributed by atoms with Crippen molar-refractivity contribution < 1.29 is 14.3 Å². The molecule has 0 atom stereocenters. The van der Waals surface area contributed by atoms with Crippen LogP contribution in [0.3, 0.4) is 0 Å². The Hall–Kier alpha value is -3.61. The number of ether oxygens (including phenoxy) is 2. The van der Waals surface area contributed by atoms with Crippen LogP contribution in [0.2, 0.25) is 5.02 Å². The number of halogens is 1. The second kappa shape index (κ2) is 9.33. The number of hydrogen-bond donors (Lipinski definition) is 0. The summed E-state index contributed by atoms with van der Waals surface area (Å²) >= 11 is 7.54. The zero-order valence-corrected chi connectivity index (χ0v) is 20.0. The second-order valence-electron chi connectivity index (χ2n) is 7.70. The SMILES string of the molecule is COc1ccc(C2=N/C(=C/c3cc4cc(C)ccc4nc3Sc3ccc(Cl)cc3)C(=O)O2)cc1. The smallest absolute Gasteiger partial charge is 0.363 e. The molecule has 4 aromatic rings. The molecule has 0 spiro atoms. The number of methoxy groups -OCH3 is 1. The molecule has 0 bridgehead atoms. The van der Waals surface area contributed by atoms with Crippen molar-refractivity contribution in [3.05, 3.63) is 100 Å². The van der Waals surface area contributed by atoms with Gasteiger partial charge < -0.3 is 9.47 Å². The number of benzene rings is 3. The van der Waals surface area contributed by atoms with Gasteiger partial charge in [0, 0.05) is 26.4 Å². The number of aromatic nitrogens is 1. The van der Waals surface area contributed by atoms with Gasteiger partial charge in [-0.15, -0.1) is 0 Å². The number of carbonyl (C=O) groups is 1. The van der Waals surface area contributed by atoms with Crippen LogP contribution in [0.4, 0.5) is 0 Å². The molecule has 0 unspecified atom stereocenters. The third kappa shape index (κ3) is 4.69. The van der Waals surface area contributed by atoms with E-state index in [4.69, 9.17) is 26.1 Å². The van der Waals surface area contributed by atoms with Crippen molar-refractivity contribution in [3.63, 3.8) is 0 Å². The minimum Gasteiger partial charge on any atom is -0.497 e. The first-order valence-corrected chi connectivity index (χ1v) is 11.7. The Morgan fingerprint density at radius 2 is 1.76 bits per heavy atom. The van der Waals surface area contributed by atoms with Gasteiger partial charge in [-0.2, -0.15) is 0 Å². The fourth-order valence-corrected chi connectivity index (χ4v) is 4.51. The number of rotatable bonds is 5. The largest absolute Gasteiger partial charge is 0.497 e. The Balaban J connectivity index is 1.57. The molecule has 2 heterocycles. The lowest BCUT2D eigenvalue weighted by atomic mass is 10.1. The average Bonchev–Trinajstić information content (AvgIpc) is 3.21. The summed E-state index contributed by atoms with van der Waals surface area (Å²) in [6.45, 7) is 2.04. The third-order valence-electron chi connectivity index (χ3n) is 5.24. The van der Waals surface area contributed by atoms with Gasteiger partial charge in [-0.3, -0.25) is 0 Å². The topological polar surface area (TPSA) is 60.8 Å². The normalized spacial score (nSPS) is 14.4. The van der Waals surface area contributed by atoms with E-state index in [0.29, 0.717) is 16.3 Å². The summed E-state index contributed by atoms with van der Waals surface area (Å²) in [5.41, 5.74) is 3.70. The van der Waals surface area contributed by atoms with Crippen molar-refractivity contribution in [3.8, 4) is 5.75 Å².